The lowest BCUT2D eigenvalue weighted by Crippen LogP contribution is -2.44. The van der Waals surface area contributed by atoms with Gasteiger partial charge >= 0.3 is 5.97 Å². The normalized spacial score (nSPS) is 17.8. The Morgan fingerprint density at radius 3 is 2.65 bits per heavy atom. The van der Waals surface area contributed by atoms with E-state index in [0.29, 0.717) is 13.2 Å². The summed E-state index contributed by atoms with van der Waals surface area (Å²) >= 11 is 0. The van der Waals surface area contributed by atoms with E-state index in [4.69, 9.17) is 4.74 Å². The average Bonchev–Trinajstić information content (AvgIpc) is 2.65. The van der Waals surface area contributed by atoms with Gasteiger partial charge in [0.2, 0.25) is 0 Å². The molecule has 0 aromatic heterocycles. The maximum Gasteiger partial charge on any atom is 0.323 e. The fourth-order valence-electron chi connectivity index (χ4n) is 3.44. The first kappa shape index (κ1) is 18.4. The highest BCUT2D eigenvalue weighted by atomic mass is 19.1. The molecule has 1 unspecified atom stereocenters. The van der Waals surface area contributed by atoms with Crippen LogP contribution < -0.4 is 0 Å². The molecule has 2 aromatic carbocycles. The zero-order valence-corrected chi connectivity index (χ0v) is 15.0. The van der Waals surface area contributed by atoms with Crippen molar-refractivity contribution in [3.8, 4) is 16.9 Å². The summed E-state index contributed by atoms with van der Waals surface area (Å²) in [7, 11) is 0. The van der Waals surface area contributed by atoms with E-state index in [2.05, 4.69) is 4.90 Å². The Morgan fingerprint density at radius 1 is 1.19 bits per heavy atom. The molecule has 2 aromatic rings. The van der Waals surface area contributed by atoms with Gasteiger partial charge in [0.25, 0.3) is 0 Å². The predicted molar refractivity (Wildman–Crippen MR) is 98.2 cm³/mol. The minimum absolute atomic E-state index is 0.193. The Balaban J connectivity index is 1.82. The van der Waals surface area contributed by atoms with Gasteiger partial charge in [-0.3, -0.25) is 9.69 Å². The standard InChI is InChI=1S/C21H24FNO3/c1-2-26-21(25)19-5-3-4-12-23(19)14-17-13-16(8-11-20(17)24)15-6-9-18(22)10-7-15/h6-11,13,19,24H,2-5,12,14H2,1H3. The van der Waals surface area contributed by atoms with Crippen molar-refractivity contribution in [3.05, 3.63) is 53.8 Å². The van der Waals surface area contributed by atoms with Crippen LogP contribution in [0.25, 0.3) is 11.1 Å². The molecule has 1 atom stereocenters. The van der Waals surface area contributed by atoms with Crippen molar-refractivity contribution in [2.75, 3.05) is 13.2 Å². The zero-order chi connectivity index (χ0) is 18.5. The van der Waals surface area contributed by atoms with E-state index >= 15 is 0 Å². The molecule has 4 nitrogen and oxygen atoms in total. The molecule has 1 N–H and O–H groups in total. The molecule has 3 rings (SSSR count). The lowest BCUT2D eigenvalue weighted by Gasteiger charge is -2.34. The third-order valence-electron chi connectivity index (χ3n) is 4.80. The summed E-state index contributed by atoms with van der Waals surface area (Å²) in [5.74, 6) is -0.274. The zero-order valence-electron chi connectivity index (χ0n) is 15.0. The van der Waals surface area contributed by atoms with Crippen LogP contribution in [0.4, 0.5) is 4.39 Å². The molecule has 1 aliphatic rings. The molecule has 0 bridgehead atoms. The second-order valence-corrected chi connectivity index (χ2v) is 6.58. The fraction of sp³-hybridized carbons (Fsp3) is 0.381. The number of hydrogen-bond donors (Lipinski definition) is 1. The number of hydrogen-bond acceptors (Lipinski definition) is 4. The van der Waals surface area contributed by atoms with Gasteiger partial charge in [-0.1, -0.05) is 24.6 Å². The second kappa shape index (κ2) is 8.32. The summed E-state index contributed by atoms with van der Waals surface area (Å²) in [5.41, 5.74) is 2.54. The Morgan fingerprint density at radius 2 is 1.92 bits per heavy atom. The molecule has 0 spiro atoms. The van der Waals surface area contributed by atoms with Crippen molar-refractivity contribution in [2.24, 2.45) is 0 Å². The summed E-state index contributed by atoms with van der Waals surface area (Å²) in [5, 5.41) is 10.3. The summed E-state index contributed by atoms with van der Waals surface area (Å²) in [6.07, 6.45) is 2.80. The largest absolute Gasteiger partial charge is 0.508 e. The van der Waals surface area contributed by atoms with E-state index in [1.54, 1.807) is 18.2 Å². The number of carbonyl (C=O) groups excluding carboxylic acids is 1. The minimum atomic E-state index is -0.279. The van der Waals surface area contributed by atoms with Crippen LogP contribution in [0.3, 0.4) is 0 Å². The van der Waals surface area contributed by atoms with Crippen molar-refractivity contribution in [3.63, 3.8) is 0 Å². The number of halogens is 1. The lowest BCUT2D eigenvalue weighted by molar-refractivity contribution is -0.151. The molecule has 0 aliphatic carbocycles. The van der Waals surface area contributed by atoms with E-state index in [0.717, 1.165) is 42.5 Å². The lowest BCUT2D eigenvalue weighted by atomic mass is 9.99. The van der Waals surface area contributed by atoms with Gasteiger partial charge in [0.15, 0.2) is 0 Å². The number of rotatable bonds is 5. The van der Waals surface area contributed by atoms with Gasteiger partial charge in [-0.25, -0.2) is 4.39 Å². The van der Waals surface area contributed by atoms with Gasteiger partial charge < -0.3 is 9.84 Å². The molecular formula is C21H24FNO3. The number of esters is 1. The smallest absolute Gasteiger partial charge is 0.323 e. The van der Waals surface area contributed by atoms with E-state index in [9.17, 15) is 14.3 Å². The minimum Gasteiger partial charge on any atom is -0.508 e. The van der Waals surface area contributed by atoms with Gasteiger partial charge in [-0.05, 0) is 61.7 Å². The molecular weight excluding hydrogens is 333 g/mol. The molecule has 26 heavy (non-hydrogen) atoms. The molecule has 1 saturated heterocycles. The Hall–Kier alpha value is -2.40. The monoisotopic (exact) mass is 357 g/mol. The van der Waals surface area contributed by atoms with Crippen molar-refractivity contribution < 1.29 is 19.0 Å². The molecule has 5 heteroatoms. The maximum atomic E-state index is 13.1. The molecule has 138 valence electrons. The summed E-state index contributed by atoms with van der Waals surface area (Å²) in [4.78, 5) is 14.3. The molecule has 1 aliphatic heterocycles. The Bertz CT molecular complexity index is 760. The number of likely N-dealkylation sites (tertiary alicyclic amines) is 1. The number of carbonyl (C=O) groups is 1. The third-order valence-corrected chi connectivity index (χ3v) is 4.80. The van der Waals surface area contributed by atoms with E-state index in [1.165, 1.54) is 12.1 Å². The predicted octanol–water partition coefficient (Wildman–Crippen LogP) is 4.12. The number of aromatic hydroxyl groups is 1. The number of ether oxygens (including phenoxy) is 1. The number of phenols is 1. The van der Waals surface area contributed by atoms with Crippen LogP contribution in [0.5, 0.6) is 5.75 Å². The number of piperidine rings is 1. The van der Waals surface area contributed by atoms with E-state index in [-0.39, 0.29) is 23.6 Å². The fourth-order valence-corrected chi connectivity index (χ4v) is 3.44. The highest BCUT2D eigenvalue weighted by Gasteiger charge is 2.30. The van der Waals surface area contributed by atoms with Crippen LogP contribution >= 0.6 is 0 Å². The first-order valence-corrected chi connectivity index (χ1v) is 9.07. The van der Waals surface area contributed by atoms with Gasteiger partial charge in [-0.15, -0.1) is 0 Å². The number of phenolic OH excluding ortho intramolecular Hbond substituents is 1. The summed E-state index contributed by atoms with van der Waals surface area (Å²) in [6.45, 7) is 3.45. The molecule has 1 heterocycles. The van der Waals surface area contributed by atoms with E-state index < -0.39 is 0 Å². The van der Waals surface area contributed by atoms with Crippen molar-refractivity contribution in [1.82, 2.24) is 4.90 Å². The van der Waals surface area contributed by atoms with E-state index in [1.807, 2.05) is 19.1 Å². The summed E-state index contributed by atoms with van der Waals surface area (Å²) in [6, 6.07) is 11.4. The first-order valence-electron chi connectivity index (χ1n) is 9.07. The first-order chi connectivity index (χ1) is 12.6. The summed E-state index contributed by atoms with van der Waals surface area (Å²) < 4.78 is 18.4. The average molecular weight is 357 g/mol. The van der Waals surface area contributed by atoms with Crippen molar-refractivity contribution in [1.29, 1.82) is 0 Å². The highest BCUT2D eigenvalue weighted by Crippen LogP contribution is 2.29. The number of benzene rings is 2. The van der Waals surface area contributed by atoms with Gasteiger partial charge in [0, 0.05) is 12.1 Å². The molecule has 0 radical (unpaired) electrons. The maximum absolute atomic E-state index is 13.1. The van der Waals surface area contributed by atoms with Crippen LogP contribution in [-0.2, 0) is 16.1 Å². The highest BCUT2D eigenvalue weighted by molar-refractivity contribution is 5.76. The van der Waals surface area contributed by atoms with Crippen LogP contribution in [0.2, 0.25) is 0 Å². The quantitative estimate of drug-likeness (QED) is 0.818. The molecule has 1 fully saturated rings. The SMILES string of the molecule is CCOC(=O)C1CCCCN1Cc1cc(-c2ccc(F)cc2)ccc1O. The van der Waals surface area contributed by atoms with Crippen molar-refractivity contribution in [2.45, 2.75) is 38.8 Å². The van der Waals surface area contributed by atoms with Crippen LogP contribution in [-0.4, -0.2) is 35.2 Å². The van der Waals surface area contributed by atoms with Crippen LogP contribution in [0.15, 0.2) is 42.5 Å². The van der Waals surface area contributed by atoms with Gasteiger partial charge in [0.05, 0.1) is 6.61 Å². The second-order valence-electron chi connectivity index (χ2n) is 6.58. The molecule has 0 amide bonds. The Kier molecular flexibility index (Phi) is 5.89. The van der Waals surface area contributed by atoms with Gasteiger partial charge in [-0.2, -0.15) is 0 Å². The van der Waals surface area contributed by atoms with Crippen LogP contribution in [0.1, 0.15) is 31.7 Å². The molecule has 0 saturated carbocycles. The topological polar surface area (TPSA) is 49.8 Å². The number of nitrogens with zero attached hydrogens (tertiary/aromatic N) is 1. The van der Waals surface area contributed by atoms with Crippen LogP contribution in [0, 0.1) is 5.82 Å². The third kappa shape index (κ3) is 4.22. The van der Waals surface area contributed by atoms with Crippen molar-refractivity contribution >= 4 is 5.97 Å². The van der Waals surface area contributed by atoms with Gasteiger partial charge in [0.1, 0.15) is 17.6 Å². The Labute approximate surface area is 153 Å².